The molecule has 1 aliphatic rings. The van der Waals surface area contributed by atoms with Gasteiger partial charge in [-0.25, -0.2) is 14.3 Å². The zero-order chi connectivity index (χ0) is 20.8. The van der Waals surface area contributed by atoms with Crippen molar-refractivity contribution in [2.75, 3.05) is 0 Å². The van der Waals surface area contributed by atoms with Crippen LogP contribution in [0.15, 0.2) is 64.4 Å². The van der Waals surface area contributed by atoms with E-state index in [9.17, 15) is 9.59 Å². The Balaban J connectivity index is 1.74. The van der Waals surface area contributed by atoms with Crippen LogP contribution >= 0.6 is 23.2 Å². The SMILES string of the molecule is O=c1c2c(ncn2Cc2cccc(Cl)c2)n(-c2ccc(Cl)cc2)c(=O)n1CC1CC1. The number of imidazole rings is 1. The third kappa shape index (κ3) is 3.46. The van der Waals surface area contributed by atoms with Crippen molar-refractivity contribution in [3.05, 3.63) is 91.3 Å². The lowest BCUT2D eigenvalue weighted by Crippen LogP contribution is -2.40. The minimum Gasteiger partial charge on any atom is -0.320 e. The molecule has 6 nitrogen and oxygen atoms in total. The number of benzene rings is 2. The van der Waals surface area contributed by atoms with Gasteiger partial charge in [-0.3, -0.25) is 9.36 Å². The van der Waals surface area contributed by atoms with Crippen LogP contribution in [-0.4, -0.2) is 18.7 Å². The molecule has 0 aliphatic heterocycles. The van der Waals surface area contributed by atoms with Crippen molar-refractivity contribution in [1.29, 1.82) is 0 Å². The van der Waals surface area contributed by atoms with E-state index in [2.05, 4.69) is 4.98 Å². The molecule has 1 aliphatic carbocycles. The van der Waals surface area contributed by atoms with Gasteiger partial charge in [0.25, 0.3) is 5.56 Å². The van der Waals surface area contributed by atoms with E-state index in [-0.39, 0.29) is 11.2 Å². The lowest BCUT2D eigenvalue weighted by molar-refractivity contribution is 0.567. The molecule has 1 fully saturated rings. The molecular weight excluding hydrogens is 423 g/mol. The highest BCUT2D eigenvalue weighted by Gasteiger charge is 2.26. The number of halogens is 2. The van der Waals surface area contributed by atoms with E-state index in [0.29, 0.717) is 45.9 Å². The average molecular weight is 441 g/mol. The fourth-order valence-electron chi connectivity index (χ4n) is 3.67. The van der Waals surface area contributed by atoms with E-state index in [1.165, 1.54) is 9.13 Å². The molecule has 30 heavy (non-hydrogen) atoms. The summed E-state index contributed by atoms with van der Waals surface area (Å²) < 4.78 is 4.60. The first-order valence-corrected chi connectivity index (χ1v) is 10.5. The van der Waals surface area contributed by atoms with Crippen LogP contribution in [0.5, 0.6) is 0 Å². The summed E-state index contributed by atoms with van der Waals surface area (Å²) in [6.07, 6.45) is 3.67. The van der Waals surface area contributed by atoms with Crippen LogP contribution in [0.25, 0.3) is 16.9 Å². The minimum absolute atomic E-state index is 0.313. The maximum atomic E-state index is 13.3. The summed E-state index contributed by atoms with van der Waals surface area (Å²) in [7, 11) is 0. The molecule has 1 saturated carbocycles. The standard InChI is InChI=1S/C22H18Cl2N4O2/c23-16-6-8-18(9-7-16)28-20-19(21(29)27(22(28)30)12-14-4-5-14)26(13-25-20)11-15-2-1-3-17(24)10-15/h1-3,6-10,13-14H,4-5,11-12H2. The zero-order valence-electron chi connectivity index (χ0n) is 16.0. The van der Waals surface area contributed by atoms with Gasteiger partial charge in [0.2, 0.25) is 0 Å². The van der Waals surface area contributed by atoms with E-state index < -0.39 is 0 Å². The van der Waals surface area contributed by atoms with Gasteiger partial charge in [0.1, 0.15) is 0 Å². The Labute approximate surface area is 181 Å². The molecule has 0 saturated heterocycles. The molecule has 0 bridgehead atoms. The van der Waals surface area contributed by atoms with Gasteiger partial charge >= 0.3 is 5.69 Å². The fraction of sp³-hybridized carbons (Fsp3) is 0.227. The third-order valence-corrected chi connectivity index (χ3v) is 5.85. The van der Waals surface area contributed by atoms with Crippen LogP contribution in [0.4, 0.5) is 0 Å². The summed E-state index contributed by atoms with van der Waals surface area (Å²) >= 11 is 12.1. The number of hydrogen-bond donors (Lipinski definition) is 0. The van der Waals surface area contributed by atoms with Gasteiger partial charge in [0, 0.05) is 23.1 Å². The van der Waals surface area contributed by atoms with Crippen LogP contribution in [-0.2, 0) is 13.1 Å². The molecule has 4 aromatic rings. The van der Waals surface area contributed by atoms with Gasteiger partial charge in [-0.05, 0) is 60.7 Å². The third-order valence-electron chi connectivity index (χ3n) is 5.36. The first-order chi connectivity index (χ1) is 14.5. The van der Waals surface area contributed by atoms with Crippen molar-refractivity contribution in [1.82, 2.24) is 18.7 Å². The van der Waals surface area contributed by atoms with Crippen molar-refractivity contribution in [3.63, 3.8) is 0 Å². The molecule has 5 rings (SSSR count). The molecule has 2 aromatic heterocycles. The van der Waals surface area contributed by atoms with Crippen molar-refractivity contribution in [2.24, 2.45) is 5.92 Å². The molecular formula is C22H18Cl2N4O2. The van der Waals surface area contributed by atoms with Crippen LogP contribution in [0.1, 0.15) is 18.4 Å². The summed E-state index contributed by atoms with van der Waals surface area (Å²) in [5.41, 5.74) is 1.60. The lowest BCUT2D eigenvalue weighted by atomic mass is 10.2. The van der Waals surface area contributed by atoms with Crippen LogP contribution in [0.3, 0.4) is 0 Å². The summed E-state index contributed by atoms with van der Waals surface area (Å²) in [6, 6.07) is 14.4. The fourth-order valence-corrected chi connectivity index (χ4v) is 4.01. The zero-order valence-corrected chi connectivity index (χ0v) is 17.5. The number of fused-ring (bicyclic) bond motifs is 1. The molecule has 0 atom stereocenters. The summed E-state index contributed by atoms with van der Waals surface area (Å²) in [5.74, 6) is 0.371. The van der Waals surface area contributed by atoms with E-state index in [4.69, 9.17) is 23.2 Å². The van der Waals surface area contributed by atoms with Crippen LogP contribution < -0.4 is 11.2 Å². The second kappa shape index (κ2) is 7.45. The maximum absolute atomic E-state index is 13.3. The van der Waals surface area contributed by atoms with Gasteiger partial charge in [-0.15, -0.1) is 0 Å². The van der Waals surface area contributed by atoms with Gasteiger partial charge in [-0.1, -0.05) is 35.3 Å². The van der Waals surface area contributed by atoms with E-state index in [1.807, 2.05) is 18.2 Å². The number of rotatable bonds is 5. The second-order valence-corrected chi connectivity index (χ2v) is 8.50. The van der Waals surface area contributed by atoms with Crippen molar-refractivity contribution in [2.45, 2.75) is 25.9 Å². The minimum atomic E-state index is -0.380. The van der Waals surface area contributed by atoms with Crippen LogP contribution in [0, 0.1) is 5.92 Å². The highest BCUT2D eigenvalue weighted by atomic mass is 35.5. The van der Waals surface area contributed by atoms with Gasteiger partial charge < -0.3 is 4.57 Å². The molecule has 0 N–H and O–H groups in total. The number of aromatic nitrogens is 4. The molecule has 0 spiro atoms. The molecule has 0 unspecified atom stereocenters. The Morgan fingerprint density at radius 2 is 1.77 bits per heavy atom. The average Bonchev–Trinajstić information content (AvgIpc) is 3.46. The van der Waals surface area contributed by atoms with Gasteiger partial charge in [0.15, 0.2) is 11.2 Å². The molecule has 0 radical (unpaired) electrons. The van der Waals surface area contributed by atoms with Crippen molar-refractivity contribution < 1.29 is 0 Å². The largest absolute Gasteiger partial charge is 0.337 e. The van der Waals surface area contributed by atoms with Gasteiger partial charge in [0.05, 0.1) is 12.0 Å². The normalized spacial score (nSPS) is 13.8. The predicted octanol–water partition coefficient (Wildman–Crippen LogP) is 4.11. The summed E-state index contributed by atoms with van der Waals surface area (Å²) in [5, 5.41) is 1.20. The first-order valence-electron chi connectivity index (χ1n) is 9.72. The molecule has 0 amide bonds. The Bertz CT molecular complexity index is 1360. The van der Waals surface area contributed by atoms with Crippen molar-refractivity contribution >= 4 is 34.4 Å². The topological polar surface area (TPSA) is 61.8 Å². The quantitative estimate of drug-likeness (QED) is 0.468. The van der Waals surface area contributed by atoms with Crippen molar-refractivity contribution in [3.8, 4) is 5.69 Å². The monoisotopic (exact) mass is 440 g/mol. The number of nitrogens with zero attached hydrogens (tertiary/aromatic N) is 4. The highest BCUT2D eigenvalue weighted by Crippen LogP contribution is 2.30. The molecule has 8 heteroatoms. The molecule has 2 aromatic carbocycles. The van der Waals surface area contributed by atoms with E-state index in [1.54, 1.807) is 41.2 Å². The van der Waals surface area contributed by atoms with Gasteiger partial charge in [-0.2, -0.15) is 0 Å². The molecule has 2 heterocycles. The molecule has 152 valence electrons. The smallest absolute Gasteiger partial charge is 0.320 e. The maximum Gasteiger partial charge on any atom is 0.337 e. The Hall–Kier alpha value is -2.83. The van der Waals surface area contributed by atoms with E-state index in [0.717, 1.165) is 18.4 Å². The highest BCUT2D eigenvalue weighted by molar-refractivity contribution is 6.30. The Morgan fingerprint density at radius 1 is 1.00 bits per heavy atom. The van der Waals surface area contributed by atoms with Crippen LogP contribution in [0.2, 0.25) is 10.0 Å². The lowest BCUT2D eigenvalue weighted by Gasteiger charge is -2.13. The Kier molecular flexibility index (Phi) is 4.76. The second-order valence-electron chi connectivity index (χ2n) is 7.63. The number of hydrogen-bond acceptors (Lipinski definition) is 3. The summed E-state index contributed by atoms with van der Waals surface area (Å²) in [4.78, 5) is 31.1. The van der Waals surface area contributed by atoms with E-state index >= 15 is 0 Å². The Morgan fingerprint density at radius 3 is 2.47 bits per heavy atom. The first kappa shape index (κ1) is 19.2. The summed E-state index contributed by atoms with van der Waals surface area (Å²) in [6.45, 7) is 0.845. The predicted molar refractivity (Wildman–Crippen MR) is 118 cm³/mol.